The molecule has 22 nitrogen and oxygen atoms in total. The third-order valence-electron chi connectivity index (χ3n) is 20.1. The van der Waals surface area contributed by atoms with Crippen LogP contribution in [0.25, 0.3) is 0 Å². The van der Waals surface area contributed by atoms with Gasteiger partial charge in [0.2, 0.25) is 0 Å². The molecule has 6 aromatic rings. The zero-order valence-corrected chi connectivity index (χ0v) is 64.8. The zero-order chi connectivity index (χ0) is 78.0. The lowest BCUT2D eigenvalue weighted by atomic mass is 9.75. The molecule has 9 atom stereocenters. The van der Waals surface area contributed by atoms with Crippen LogP contribution in [-0.2, 0) is 97.0 Å². The lowest BCUT2D eigenvalue weighted by Gasteiger charge is -2.50. The predicted molar refractivity (Wildman–Crippen MR) is 382 cm³/mol. The van der Waals surface area contributed by atoms with Crippen molar-refractivity contribution in [3.63, 3.8) is 0 Å². The highest BCUT2D eigenvalue weighted by Crippen LogP contribution is 2.60. The molecule has 6 heterocycles. The molecule has 0 saturated carbocycles. The molecule has 0 aliphatic carbocycles. The Morgan fingerprint density at radius 2 is 0.720 bits per heavy atom. The number of hydrogen-bond donors (Lipinski definition) is 1. The number of nitrogens with zero attached hydrogens (tertiary/aromatic N) is 1. The predicted octanol–water partition coefficient (Wildman–Crippen LogP) is 9.79. The molecule has 6 aromatic carbocycles. The first kappa shape index (κ1) is 83.6. The molecule has 586 valence electrons. The summed E-state index contributed by atoms with van der Waals surface area (Å²) in [7, 11) is -20.4. The van der Waals surface area contributed by atoms with E-state index in [4.69, 9.17) is 73.1 Å². The maximum atomic E-state index is 15.4. The lowest BCUT2D eigenvalue weighted by molar-refractivity contribution is -0.140. The van der Waals surface area contributed by atoms with E-state index < -0.39 is 202 Å². The quantitative estimate of drug-likeness (QED) is 0.0460. The summed E-state index contributed by atoms with van der Waals surface area (Å²) in [6.45, 7) is -0.637. The van der Waals surface area contributed by atoms with Crippen molar-refractivity contribution in [3.8, 4) is 17.2 Å². The maximum absolute atomic E-state index is 15.4. The highest BCUT2D eigenvalue weighted by Gasteiger charge is 2.65. The van der Waals surface area contributed by atoms with Crippen molar-refractivity contribution in [2.75, 3.05) is 108 Å². The molecular weight excluding hydrogens is 1600 g/mol. The Kier molecular flexibility index (Phi) is 26.0. The summed E-state index contributed by atoms with van der Waals surface area (Å²) < 4.78 is 283. The molecule has 3 fully saturated rings. The Labute approximate surface area is 631 Å². The number of hydrogen-bond acceptors (Lipinski definition) is 22. The minimum atomic E-state index is -4.40. The maximum Gasteiger partial charge on any atom is 0.302 e. The Balaban J connectivity index is 0.000000172. The van der Waals surface area contributed by atoms with Gasteiger partial charge in [0, 0.05) is 66.1 Å². The van der Waals surface area contributed by atoms with Gasteiger partial charge >= 0.3 is 5.97 Å². The summed E-state index contributed by atoms with van der Waals surface area (Å²) in [4.78, 5) is 12.3. The number of sulfone groups is 6. The minimum Gasteiger partial charge on any atom is -0.490 e. The van der Waals surface area contributed by atoms with Gasteiger partial charge in [-0.15, -0.1) is 0 Å². The number of esters is 1. The number of carbonyl (C=O) groups is 1. The molecule has 6 aliphatic rings. The van der Waals surface area contributed by atoms with Gasteiger partial charge in [-0.1, -0.05) is 34.8 Å². The first-order valence-corrected chi connectivity index (χ1v) is 44.6. The third kappa shape index (κ3) is 16.9. The van der Waals surface area contributed by atoms with E-state index in [2.05, 4.69) is 0 Å². The van der Waals surface area contributed by atoms with Gasteiger partial charge in [0.15, 0.2) is 93.7 Å². The van der Waals surface area contributed by atoms with Crippen molar-refractivity contribution in [2.45, 2.75) is 92.7 Å². The van der Waals surface area contributed by atoms with E-state index in [9.17, 15) is 68.5 Å². The molecule has 0 amide bonds. The number of carbonyl (C=O) groups excluding carboxylic acids is 1. The van der Waals surface area contributed by atoms with Crippen LogP contribution in [0.4, 0.5) is 26.3 Å². The molecule has 3 saturated heterocycles. The molecule has 6 aliphatic heterocycles. The van der Waals surface area contributed by atoms with Crippen LogP contribution >= 0.6 is 34.8 Å². The van der Waals surface area contributed by atoms with Gasteiger partial charge in [0.25, 0.3) is 0 Å². The Hall–Kier alpha value is -5.86. The number of rotatable bonds is 23. The molecular formula is C70H76Cl3F6NO21S6. The van der Waals surface area contributed by atoms with Crippen LogP contribution in [0, 0.1) is 52.7 Å². The lowest BCUT2D eigenvalue weighted by Crippen LogP contribution is -2.57. The SMILES string of the molecule is CC(=O)OCCS(=O)(=O)CC[C@@H]1OCC[C@@]2(S(=O)(=O)c3ccc(Cl)cc3)c3c(F)ccc(F)c3OC[C@@H]12.CN(C)CCS(=O)(=O)CC[C@@H]1OCC[C@@]2(S(=O)(=O)c3ccc(Cl)cc3)c3c(F)ccc(F)c3OC[C@@H]12.O=S(=O)(CCO)CC[C@@H]1OCC[C@@]2(S(=O)(=O)c3ccc(Cl)cc3)c3c(F)ccc(F)c3OC[C@@H]12. The first-order valence-electron chi connectivity index (χ1n) is 33.5. The zero-order valence-electron chi connectivity index (χ0n) is 57.6. The molecule has 12 rings (SSSR count). The normalized spacial score (nSPS) is 24.1. The second kappa shape index (κ2) is 33.2. The Morgan fingerprint density at radius 3 is 1.00 bits per heavy atom. The Morgan fingerprint density at radius 1 is 0.439 bits per heavy atom. The standard InChI is InChI=1S/C24H28ClF2NO6S2.C24H25ClF2O8S2.C22H23ClF2O7S2/c1-28(2)11-14-35(29,30)13-9-21-18-15-34-23-20(27)8-7-19(26)22(23)24(18,10-12-33-21)36(31,32)17-5-3-16(25)4-6-17;1-15(28)33-11-13-36(29,30)12-8-21-18-14-35-23-20(27)7-6-19(26)22(23)24(18,9-10-34-21)37(31,32)17-4-2-16(25)3-5-17;23-14-1-3-15(4-2-14)34(29,30)22-8-10-31-19(7-11-33(27,28)12-9-26)16(22)13-32-21-18(25)6-5-17(24)20(21)22/h3-8,18,21H,9-15H2,1-2H3;2-7,18,21H,8-14H2,1H3;1-6,16,19,26H,7-13H2/t2*18-,21-,24-;16-,19-,22-/m000/s1. The van der Waals surface area contributed by atoms with Gasteiger partial charge in [-0.2, -0.15) is 0 Å². The number of halogens is 9. The molecule has 1 N–H and O–H groups in total. The van der Waals surface area contributed by atoms with Crippen LogP contribution in [-0.4, -0.2) is 193 Å². The molecule has 107 heavy (non-hydrogen) atoms. The second-order valence-electron chi connectivity index (χ2n) is 26.7. The van der Waals surface area contributed by atoms with Crippen molar-refractivity contribution in [1.82, 2.24) is 4.90 Å². The average molecular weight is 1680 g/mol. The number of ether oxygens (including phenoxy) is 7. The summed E-state index contributed by atoms with van der Waals surface area (Å²) >= 11 is 17.8. The van der Waals surface area contributed by atoms with Crippen LogP contribution in [0.2, 0.25) is 15.1 Å². The van der Waals surface area contributed by atoms with Crippen LogP contribution in [0.15, 0.2) is 124 Å². The second-order valence-corrected chi connectivity index (χ2v) is 41.5. The highest BCUT2D eigenvalue weighted by atomic mass is 35.5. The number of benzene rings is 6. The van der Waals surface area contributed by atoms with Gasteiger partial charge in [0.05, 0.1) is 111 Å². The number of fused-ring (bicyclic) bond motifs is 9. The van der Waals surface area contributed by atoms with Gasteiger partial charge in [0.1, 0.15) is 38.3 Å². The van der Waals surface area contributed by atoms with Crippen molar-refractivity contribution in [1.29, 1.82) is 0 Å². The fourth-order valence-corrected chi connectivity index (χ4v) is 26.0. The smallest absolute Gasteiger partial charge is 0.302 e. The van der Waals surface area contributed by atoms with Crippen molar-refractivity contribution in [3.05, 3.63) is 176 Å². The van der Waals surface area contributed by atoms with E-state index in [-0.39, 0.29) is 122 Å². The topological polar surface area (TPSA) is 310 Å². The molecule has 37 heteroatoms. The van der Waals surface area contributed by atoms with Crippen LogP contribution in [0.1, 0.15) is 62.1 Å². The summed E-state index contributed by atoms with van der Waals surface area (Å²) in [6.07, 6.45) is -3.52. The number of aliphatic hydroxyl groups excluding tert-OH is 1. The van der Waals surface area contributed by atoms with E-state index in [0.29, 0.717) is 21.6 Å². The van der Waals surface area contributed by atoms with Crippen molar-refractivity contribution in [2.24, 2.45) is 17.8 Å². The van der Waals surface area contributed by atoms with Crippen LogP contribution in [0.5, 0.6) is 17.2 Å². The summed E-state index contributed by atoms with van der Waals surface area (Å²) in [5.74, 6) is -12.5. The van der Waals surface area contributed by atoms with E-state index in [0.717, 1.165) is 43.3 Å². The van der Waals surface area contributed by atoms with Crippen molar-refractivity contribution >= 4 is 99.8 Å². The van der Waals surface area contributed by atoms with E-state index in [1.54, 1.807) is 19.0 Å². The first-order chi connectivity index (χ1) is 50.3. The fraction of sp³-hybridized carbons (Fsp3) is 0.471. The molecule has 0 unspecified atom stereocenters. The third-order valence-corrected chi connectivity index (χ3v) is 33.5. The van der Waals surface area contributed by atoms with E-state index in [1.807, 2.05) is 0 Å². The summed E-state index contributed by atoms with van der Waals surface area (Å²) in [6, 6.07) is 21.4. The average Bonchev–Trinajstić information content (AvgIpc) is 0.710. The monoisotopic (exact) mass is 1680 g/mol. The fourth-order valence-electron chi connectivity index (χ4n) is 15.0. The van der Waals surface area contributed by atoms with Gasteiger partial charge in [-0.3, -0.25) is 4.79 Å². The molecule has 0 bridgehead atoms. The molecule has 0 aromatic heterocycles. The molecule has 0 spiro atoms. The van der Waals surface area contributed by atoms with Crippen LogP contribution < -0.4 is 14.2 Å². The highest BCUT2D eigenvalue weighted by molar-refractivity contribution is 7.93. The van der Waals surface area contributed by atoms with Crippen LogP contribution in [0.3, 0.4) is 0 Å². The summed E-state index contributed by atoms with van der Waals surface area (Å²) in [5.41, 5.74) is -1.22. The van der Waals surface area contributed by atoms with E-state index in [1.165, 1.54) is 72.8 Å². The van der Waals surface area contributed by atoms with E-state index >= 15 is 13.2 Å². The molecule has 0 radical (unpaired) electrons. The van der Waals surface area contributed by atoms with Gasteiger partial charge < -0.3 is 43.2 Å². The van der Waals surface area contributed by atoms with Gasteiger partial charge in [-0.25, -0.2) is 76.8 Å². The summed E-state index contributed by atoms with van der Waals surface area (Å²) in [5, 5.41) is 9.90. The minimum absolute atomic E-state index is 0.00601. The number of aliphatic hydroxyl groups is 1. The Bertz CT molecular complexity index is 5000. The largest absolute Gasteiger partial charge is 0.490 e. The van der Waals surface area contributed by atoms with Gasteiger partial charge in [-0.05, 0) is 162 Å². The van der Waals surface area contributed by atoms with Crippen molar-refractivity contribution < 1.29 is 120 Å².